The van der Waals surface area contributed by atoms with E-state index >= 15 is 0 Å². The lowest BCUT2D eigenvalue weighted by molar-refractivity contribution is 0.0621. The number of anilines is 2. The molecule has 228 valence electrons. The molecule has 0 aromatic heterocycles. The lowest BCUT2D eigenvalue weighted by Crippen LogP contribution is -2.59. The molecule has 0 spiro atoms. The van der Waals surface area contributed by atoms with Crippen molar-refractivity contribution in [3.63, 3.8) is 0 Å². The molecule has 4 aromatic rings. The molecule has 0 bridgehead atoms. The molecule has 1 atom stereocenters. The van der Waals surface area contributed by atoms with Crippen LogP contribution in [0.1, 0.15) is 59.5 Å². The first-order valence-corrected chi connectivity index (χ1v) is 14.1. The Morgan fingerprint density at radius 1 is 0.727 bits per heavy atom. The predicted octanol–water partition coefficient (Wildman–Crippen LogP) is 7.86. The molecule has 0 fully saturated rings. The number of rotatable bonds is 10. The lowest BCUT2D eigenvalue weighted by Gasteiger charge is -2.50. The largest absolute Gasteiger partial charge is 0.465 e. The smallest absolute Gasteiger partial charge is 0.405 e. The van der Waals surface area contributed by atoms with Crippen LogP contribution in [0.4, 0.5) is 25.0 Å². The van der Waals surface area contributed by atoms with Crippen LogP contribution in [0.15, 0.2) is 97.1 Å². The number of amides is 3. The van der Waals surface area contributed by atoms with E-state index in [9.17, 15) is 28.3 Å². The van der Waals surface area contributed by atoms with Crippen molar-refractivity contribution in [2.45, 2.75) is 39.7 Å². The van der Waals surface area contributed by atoms with E-state index in [1.54, 1.807) is 36.4 Å². The Bertz CT molecular complexity index is 1640. The molecular formula is C35H35F2N3O4. The monoisotopic (exact) mass is 599 g/mol. The first-order valence-electron chi connectivity index (χ1n) is 14.1. The SMILES string of the molecule is CC(C)C(NC(=O)O)(c1ccc(NC(=O)c2cccc(F)c2)cc1)C(C)(C)Cc1ccc(NC(=O)c2ccc(F)cc2)cc1. The zero-order chi connectivity index (χ0) is 32.1. The second kappa shape index (κ2) is 13.1. The Morgan fingerprint density at radius 2 is 1.27 bits per heavy atom. The maximum Gasteiger partial charge on any atom is 0.405 e. The van der Waals surface area contributed by atoms with Crippen molar-refractivity contribution in [1.29, 1.82) is 0 Å². The third kappa shape index (κ3) is 7.11. The van der Waals surface area contributed by atoms with Gasteiger partial charge in [0.1, 0.15) is 11.6 Å². The van der Waals surface area contributed by atoms with E-state index in [-0.39, 0.29) is 17.4 Å². The standard InChI is InChI=1S/C35H35F2N3O4/c1-22(2)35(40-33(43)44,26-12-18-30(19-13-26)39-32(42)25-6-5-7-28(37)20-25)34(3,4)21-23-8-16-29(17-9-23)38-31(41)24-10-14-27(36)15-11-24/h5-20,22,40H,21H2,1-4H3,(H,38,41)(H,39,42)(H,43,44). The van der Waals surface area contributed by atoms with Crippen molar-refractivity contribution in [2.75, 3.05) is 10.6 Å². The summed E-state index contributed by atoms with van der Waals surface area (Å²) in [5.74, 6) is -1.95. The Morgan fingerprint density at radius 3 is 1.80 bits per heavy atom. The molecule has 44 heavy (non-hydrogen) atoms. The second-order valence-electron chi connectivity index (χ2n) is 11.7. The first kappa shape index (κ1) is 31.9. The highest BCUT2D eigenvalue weighted by Crippen LogP contribution is 2.47. The quantitative estimate of drug-likeness (QED) is 0.149. The molecule has 0 aliphatic carbocycles. The highest BCUT2D eigenvalue weighted by Gasteiger charge is 2.50. The van der Waals surface area contributed by atoms with Crippen LogP contribution >= 0.6 is 0 Å². The van der Waals surface area contributed by atoms with E-state index in [2.05, 4.69) is 16.0 Å². The van der Waals surface area contributed by atoms with Gasteiger partial charge < -0.3 is 21.1 Å². The maximum absolute atomic E-state index is 13.6. The number of carbonyl (C=O) groups excluding carboxylic acids is 2. The third-order valence-corrected chi connectivity index (χ3v) is 7.89. The van der Waals surface area contributed by atoms with Gasteiger partial charge in [0, 0.05) is 22.5 Å². The van der Waals surface area contributed by atoms with Crippen LogP contribution in [0.25, 0.3) is 0 Å². The molecule has 0 saturated heterocycles. The number of carbonyl (C=O) groups is 3. The Labute approximate surface area is 255 Å². The summed E-state index contributed by atoms with van der Waals surface area (Å²) in [4.78, 5) is 37.4. The highest BCUT2D eigenvalue weighted by atomic mass is 19.1. The van der Waals surface area contributed by atoms with Crippen molar-refractivity contribution in [1.82, 2.24) is 5.32 Å². The normalized spacial score (nSPS) is 12.7. The van der Waals surface area contributed by atoms with Crippen molar-refractivity contribution in [3.05, 3.63) is 131 Å². The number of nitrogens with one attached hydrogen (secondary N) is 3. The zero-order valence-corrected chi connectivity index (χ0v) is 24.9. The molecule has 1 unspecified atom stereocenters. The van der Waals surface area contributed by atoms with E-state index in [1.165, 1.54) is 42.5 Å². The van der Waals surface area contributed by atoms with E-state index in [0.29, 0.717) is 28.9 Å². The predicted molar refractivity (Wildman–Crippen MR) is 167 cm³/mol. The van der Waals surface area contributed by atoms with Gasteiger partial charge in [0.2, 0.25) is 0 Å². The Kier molecular flexibility index (Phi) is 9.47. The minimum absolute atomic E-state index is 0.181. The van der Waals surface area contributed by atoms with Crippen LogP contribution in [0.2, 0.25) is 0 Å². The van der Waals surface area contributed by atoms with Gasteiger partial charge in [-0.15, -0.1) is 0 Å². The van der Waals surface area contributed by atoms with E-state index < -0.39 is 34.6 Å². The number of halogens is 2. The summed E-state index contributed by atoms with van der Waals surface area (Å²) in [5.41, 5.74) is 1.49. The first-order chi connectivity index (χ1) is 20.8. The molecule has 0 aliphatic rings. The van der Waals surface area contributed by atoms with Gasteiger partial charge in [-0.1, -0.05) is 58.0 Å². The van der Waals surface area contributed by atoms with Crippen molar-refractivity contribution < 1.29 is 28.3 Å². The molecule has 0 heterocycles. The fraction of sp³-hybridized carbons (Fsp3) is 0.229. The lowest BCUT2D eigenvalue weighted by atomic mass is 9.60. The fourth-order valence-electron chi connectivity index (χ4n) is 5.87. The van der Waals surface area contributed by atoms with Gasteiger partial charge in [0.05, 0.1) is 5.54 Å². The second-order valence-corrected chi connectivity index (χ2v) is 11.7. The molecule has 4 aromatic carbocycles. The average Bonchev–Trinajstić information content (AvgIpc) is 2.97. The van der Waals surface area contributed by atoms with Crippen molar-refractivity contribution >= 4 is 29.3 Å². The van der Waals surface area contributed by atoms with Gasteiger partial charge >= 0.3 is 6.09 Å². The van der Waals surface area contributed by atoms with Crippen molar-refractivity contribution in [2.24, 2.45) is 11.3 Å². The van der Waals surface area contributed by atoms with Crippen LogP contribution in [-0.2, 0) is 12.0 Å². The molecule has 7 nitrogen and oxygen atoms in total. The summed E-state index contributed by atoms with van der Waals surface area (Å²) in [6.07, 6.45) is -0.690. The molecular weight excluding hydrogens is 564 g/mol. The van der Waals surface area contributed by atoms with E-state index in [1.807, 2.05) is 39.8 Å². The molecule has 0 radical (unpaired) electrons. The van der Waals surface area contributed by atoms with Crippen LogP contribution in [-0.4, -0.2) is 23.0 Å². The topological polar surface area (TPSA) is 108 Å². The molecule has 0 saturated carbocycles. The van der Waals surface area contributed by atoms with Crippen LogP contribution < -0.4 is 16.0 Å². The van der Waals surface area contributed by atoms with Gasteiger partial charge in [-0.3, -0.25) is 9.59 Å². The van der Waals surface area contributed by atoms with Gasteiger partial charge in [-0.05, 0) is 95.6 Å². The number of hydrogen-bond donors (Lipinski definition) is 4. The zero-order valence-electron chi connectivity index (χ0n) is 24.9. The number of carboxylic acid groups (broad SMARTS) is 1. The highest BCUT2D eigenvalue weighted by molar-refractivity contribution is 6.04. The summed E-state index contributed by atoms with van der Waals surface area (Å²) in [6, 6.07) is 24.9. The summed E-state index contributed by atoms with van der Waals surface area (Å²) >= 11 is 0. The van der Waals surface area contributed by atoms with Gasteiger partial charge in [0.25, 0.3) is 11.8 Å². The van der Waals surface area contributed by atoms with Crippen molar-refractivity contribution in [3.8, 4) is 0 Å². The van der Waals surface area contributed by atoms with E-state index in [4.69, 9.17) is 0 Å². The summed E-state index contributed by atoms with van der Waals surface area (Å²) in [5, 5.41) is 18.4. The molecule has 4 rings (SSSR count). The molecule has 4 N–H and O–H groups in total. The van der Waals surface area contributed by atoms with Crippen LogP contribution in [0.5, 0.6) is 0 Å². The Hall–Kier alpha value is -5.05. The maximum atomic E-state index is 13.6. The minimum atomic E-state index is -1.17. The van der Waals surface area contributed by atoms with Crippen LogP contribution in [0.3, 0.4) is 0 Å². The average molecular weight is 600 g/mol. The molecule has 0 aliphatic heterocycles. The molecule has 3 amide bonds. The summed E-state index contributed by atoms with van der Waals surface area (Å²) in [7, 11) is 0. The van der Waals surface area contributed by atoms with E-state index in [0.717, 1.165) is 11.6 Å². The Balaban J connectivity index is 1.57. The minimum Gasteiger partial charge on any atom is -0.465 e. The van der Waals surface area contributed by atoms with Crippen LogP contribution in [0, 0.1) is 23.0 Å². The fourth-order valence-corrected chi connectivity index (χ4v) is 5.87. The van der Waals surface area contributed by atoms with Gasteiger partial charge in [-0.2, -0.15) is 0 Å². The summed E-state index contributed by atoms with van der Waals surface area (Å²) < 4.78 is 26.8. The summed E-state index contributed by atoms with van der Waals surface area (Å²) in [6.45, 7) is 7.89. The number of hydrogen-bond acceptors (Lipinski definition) is 3. The molecule has 9 heteroatoms. The third-order valence-electron chi connectivity index (χ3n) is 7.89. The number of benzene rings is 4. The van der Waals surface area contributed by atoms with Gasteiger partial charge in [0.15, 0.2) is 0 Å². The van der Waals surface area contributed by atoms with Gasteiger partial charge in [-0.25, -0.2) is 13.6 Å².